The summed E-state index contributed by atoms with van der Waals surface area (Å²) in [6, 6.07) is 6.23. The van der Waals surface area contributed by atoms with Crippen LogP contribution in [0.25, 0.3) is 5.65 Å². The van der Waals surface area contributed by atoms with Crippen molar-refractivity contribution in [3.8, 4) is 0 Å². The molecule has 2 saturated heterocycles. The van der Waals surface area contributed by atoms with Crippen LogP contribution in [-0.2, 0) is 11.3 Å². The van der Waals surface area contributed by atoms with Crippen LogP contribution in [0.5, 0.6) is 0 Å². The number of halogens is 1. The molecule has 0 saturated carbocycles. The van der Waals surface area contributed by atoms with Crippen molar-refractivity contribution in [1.82, 2.24) is 25.2 Å². The molecule has 7 nitrogen and oxygen atoms in total. The number of nitrogens with zero attached hydrogens (tertiary/aromatic N) is 4. The average molecular weight is 442 g/mol. The van der Waals surface area contributed by atoms with E-state index < -0.39 is 0 Å². The van der Waals surface area contributed by atoms with E-state index in [0.29, 0.717) is 24.8 Å². The Balaban J connectivity index is 0.00000169. The number of hydrogen-bond donors (Lipinski definition) is 2. The lowest BCUT2D eigenvalue weighted by Crippen LogP contribution is -2.47. The van der Waals surface area contributed by atoms with E-state index >= 15 is 0 Å². The van der Waals surface area contributed by atoms with Crippen molar-refractivity contribution in [2.75, 3.05) is 6.54 Å². The number of aromatic nitrogens is 3. The highest BCUT2D eigenvalue weighted by Crippen LogP contribution is 2.34. The van der Waals surface area contributed by atoms with Crippen LogP contribution in [0, 0.1) is 0 Å². The minimum absolute atomic E-state index is 0. The average Bonchev–Trinajstić information content (AvgIpc) is 3.28. The van der Waals surface area contributed by atoms with Gasteiger partial charge in [-0.2, -0.15) is 0 Å². The predicted octanol–water partition coefficient (Wildman–Crippen LogP) is 1.72. The van der Waals surface area contributed by atoms with Crippen LogP contribution >= 0.6 is 24.0 Å². The van der Waals surface area contributed by atoms with Crippen molar-refractivity contribution in [2.45, 2.75) is 51.0 Å². The largest absolute Gasteiger partial charge is 0.373 e. The lowest BCUT2D eigenvalue weighted by molar-refractivity contribution is 0.0992. The third kappa shape index (κ3) is 3.49. The van der Waals surface area contributed by atoms with E-state index in [0.717, 1.165) is 36.8 Å². The summed E-state index contributed by atoms with van der Waals surface area (Å²) in [7, 11) is 0. The third-order valence-corrected chi connectivity index (χ3v) is 4.54. The van der Waals surface area contributed by atoms with Crippen molar-refractivity contribution in [3.05, 3.63) is 30.2 Å². The Morgan fingerprint density at radius 3 is 3.04 bits per heavy atom. The molecular weight excluding hydrogens is 419 g/mol. The Labute approximate surface area is 158 Å². The first kappa shape index (κ1) is 17.4. The Hall–Kier alpha value is -1.42. The molecule has 2 N–H and O–H groups in total. The number of fused-ring (bicyclic) bond motifs is 3. The maximum Gasteiger partial charge on any atom is 0.192 e. The van der Waals surface area contributed by atoms with Crippen molar-refractivity contribution in [1.29, 1.82) is 0 Å². The molecule has 2 aromatic heterocycles. The molecule has 2 aliphatic rings. The molecule has 2 aliphatic heterocycles. The molecular formula is C16H23IN6O. The summed E-state index contributed by atoms with van der Waals surface area (Å²) in [6.45, 7) is 3.39. The molecule has 0 radical (unpaired) electrons. The fourth-order valence-electron chi connectivity index (χ4n) is 3.43. The van der Waals surface area contributed by atoms with Crippen LogP contribution in [0.15, 0.2) is 29.4 Å². The summed E-state index contributed by atoms with van der Waals surface area (Å²) >= 11 is 0. The first-order valence-electron chi connectivity index (χ1n) is 8.32. The van der Waals surface area contributed by atoms with Crippen molar-refractivity contribution in [2.24, 2.45) is 4.99 Å². The molecule has 4 rings (SSSR count). The highest BCUT2D eigenvalue weighted by molar-refractivity contribution is 14.0. The van der Waals surface area contributed by atoms with Crippen LogP contribution in [0.1, 0.15) is 32.0 Å². The summed E-state index contributed by atoms with van der Waals surface area (Å²) < 4.78 is 7.87. The van der Waals surface area contributed by atoms with Gasteiger partial charge in [0.05, 0.1) is 18.2 Å². The molecule has 0 spiro atoms. The molecule has 2 fully saturated rings. The molecule has 0 amide bonds. The van der Waals surface area contributed by atoms with Gasteiger partial charge < -0.3 is 15.4 Å². The van der Waals surface area contributed by atoms with E-state index in [1.807, 2.05) is 28.8 Å². The van der Waals surface area contributed by atoms with Crippen LogP contribution in [0.4, 0.5) is 0 Å². The number of rotatable bonds is 4. The Morgan fingerprint density at radius 1 is 1.38 bits per heavy atom. The zero-order chi connectivity index (χ0) is 15.6. The molecule has 24 heavy (non-hydrogen) atoms. The normalized spacial score (nSPS) is 25.7. The van der Waals surface area contributed by atoms with Gasteiger partial charge in [0.2, 0.25) is 0 Å². The van der Waals surface area contributed by atoms with Gasteiger partial charge in [-0.25, -0.2) is 4.99 Å². The van der Waals surface area contributed by atoms with Gasteiger partial charge >= 0.3 is 0 Å². The Kier molecular flexibility index (Phi) is 5.54. The maximum atomic E-state index is 5.90. The van der Waals surface area contributed by atoms with E-state index in [-0.39, 0.29) is 24.0 Å². The van der Waals surface area contributed by atoms with E-state index in [9.17, 15) is 0 Å². The van der Waals surface area contributed by atoms with Gasteiger partial charge in [-0.3, -0.25) is 4.40 Å². The predicted molar refractivity (Wildman–Crippen MR) is 103 cm³/mol. The summed E-state index contributed by atoms with van der Waals surface area (Å²) in [4.78, 5) is 4.67. The molecule has 3 unspecified atom stereocenters. The third-order valence-electron chi connectivity index (χ3n) is 4.54. The lowest BCUT2D eigenvalue weighted by atomic mass is 9.96. The Bertz CT molecular complexity index is 717. The van der Waals surface area contributed by atoms with Gasteiger partial charge in [-0.15, -0.1) is 34.2 Å². The smallest absolute Gasteiger partial charge is 0.192 e. The van der Waals surface area contributed by atoms with Crippen LogP contribution in [-0.4, -0.2) is 45.4 Å². The topological polar surface area (TPSA) is 75.8 Å². The van der Waals surface area contributed by atoms with Crippen LogP contribution in [0.2, 0.25) is 0 Å². The van der Waals surface area contributed by atoms with Gasteiger partial charge in [0.15, 0.2) is 17.4 Å². The summed E-state index contributed by atoms with van der Waals surface area (Å²) in [5.41, 5.74) is 0.845. The minimum Gasteiger partial charge on any atom is -0.373 e. The second-order valence-corrected chi connectivity index (χ2v) is 6.10. The fourth-order valence-corrected chi connectivity index (χ4v) is 3.43. The van der Waals surface area contributed by atoms with E-state index in [1.165, 1.54) is 6.42 Å². The highest BCUT2D eigenvalue weighted by Gasteiger charge is 2.41. The van der Waals surface area contributed by atoms with Gasteiger partial charge in [-0.1, -0.05) is 6.07 Å². The quantitative estimate of drug-likeness (QED) is 0.429. The number of guanidine groups is 1. The van der Waals surface area contributed by atoms with Gasteiger partial charge in [0.25, 0.3) is 0 Å². The maximum absolute atomic E-state index is 5.90. The molecule has 0 aromatic carbocycles. The molecule has 130 valence electrons. The minimum atomic E-state index is 0. The highest BCUT2D eigenvalue weighted by atomic mass is 127. The number of aliphatic imine (C=N–C) groups is 1. The van der Waals surface area contributed by atoms with Crippen molar-refractivity contribution in [3.63, 3.8) is 0 Å². The van der Waals surface area contributed by atoms with Crippen LogP contribution < -0.4 is 10.6 Å². The number of hydrogen-bond acceptors (Lipinski definition) is 4. The first-order valence-corrected chi connectivity index (χ1v) is 8.32. The first-order chi connectivity index (χ1) is 11.3. The monoisotopic (exact) mass is 442 g/mol. The van der Waals surface area contributed by atoms with E-state index in [4.69, 9.17) is 4.74 Å². The lowest BCUT2D eigenvalue weighted by Gasteiger charge is -2.22. The summed E-state index contributed by atoms with van der Waals surface area (Å²) in [5.74, 6) is 1.66. The summed E-state index contributed by atoms with van der Waals surface area (Å²) in [5, 5.41) is 15.2. The zero-order valence-corrected chi connectivity index (χ0v) is 16.0. The SMILES string of the molecule is CCNC(=NCc1nnc2ccccn12)NC1CC2CCC1O2.I. The zero-order valence-electron chi connectivity index (χ0n) is 13.7. The summed E-state index contributed by atoms with van der Waals surface area (Å²) in [6.07, 6.45) is 6.14. The van der Waals surface area contributed by atoms with Crippen LogP contribution in [0.3, 0.4) is 0 Å². The van der Waals surface area contributed by atoms with E-state index in [1.54, 1.807) is 0 Å². The standard InChI is InChI=1S/C16H22N6O.HI/c1-2-17-16(19-12-9-11-6-7-13(12)23-11)18-10-15-21-20-14-5-3-4-8-22(14)15;/h3-5,8,11-13H,2,6-7,9-10H2,1H3,(H2,17,18,19);1H. The van der Waals surface area contributed by atoms with Gasteiger partial charge in [-0.05, 0) is 38.3 Å². The van der Waals surface area contributed by atoms with Gasteiger partial charge in [0, 0.05) is 12.7 Å². The number of pyridine rings is 1. The number of nitrogens with one attached hydrogen (secondary N) is 2. The second kappa shape index (κ2) is 7.64. The molecule has 4 heterocycles. The number of ether oxygens (including phenoxy) is 1. The van der Waals surface area contributed by atoms with Crippen molar-refractivity contribution < 1.29 is 4.74 Å². The molecule has 2 bridgehead atoms. The fraction of sp³-hybridized carbons (Fsp3) is 0.562. The van der Waals surface area contributed by atoms with E-state index in [2.05, 4.69) is 32.7 Å². The van der Waals surface area contributed by atoms with Crippen molar-refractivity contribution >= 4 is 35.6 Å². The molecule has 8 heteroatoms. The molecule has 0 aliphatic carbocycles. The molecule has 3 atom stereocenters. The molecule has 2 aromatic rings. The second-order valence-electron chi connectivity index (χ2n) is 6.10. The van der Waals surface area contributed by atoms with Gasteiger partial charge in [0.1, 0.15) is 6.54 Å². The Morgan fingerprint density at radius 2 is 2.29 bits per heavy atom.